The number of pyridine rings is 1. The molecule has 2 aliphatic rings. The fourth-order valence-corrected chi connectivity index (χ4v) is 5.19. The molecule has 0 amide bonds. The van der Waals surface area contributed by atoms with Crippen molar-refractivity contribution in [3.63, 3.8) is 0 Å². The van der Waals surface area contributed by atoms with Gasteiger partial charge in [-0.1, -0.05) is 0 Å². The average Bonchev–Trinajstić information content (AvgIpc) is 3.26. The smallest absolute Gasteiger partial charge is 0.333 e. The molecule has 3 N–H and O–H groups in total. The van der Waals surface area contributed by atoms with Gasteiger partial charge in [-0.05, 0) is 39.3 Å². The van der Waals surface area contributed by atoms with Gasteiger partial charge < -0.3 is 15.7 Å². The first-order valence-electron chi connectivity index (χ1n) is 9.57. The lowest BCUT2D eigenvalue weighted by Crippen LogP contribution is -2.36. The van der Waals surface area contributed by atoms with Crippen molar-refractivity contribution in [2.45, 2.75) is 43.7 Å². The van der Waals surface area contributed by atoms with Crippen LogP contribution in [0.2, 0.25) is 0 Å². The summed E-state index contributed by atoms with van der Waals surface area (Å²) >= 11 is 0. The molecule has 30 heavy (non-hydrogen) atoms. The zero-order valence-electron chi connectivity index (χ0n) is 16.9. The number of β-amino-alcohol motifs (C(OH)–C–C–N with tert-alkyl or cyclic N) is 1. The summed E-state index contributed by atoms with van der Waals surface area (Å²) in [5.74, 6) is 0. The van der Waals surface area contributed by atoms with Crippen LogP contribution in [0.3, 0.4) is 0 Å². The van der Waals surface area contributed by atoms with Crippen LogP contribution in [0.15, 0.2) is 23.4 Å². The third kappa shape index (κ3) is 4.71. The van der Waals surface area contributed by atoms with Gasteiger partial charge in [-0.2, -0.15) is 13.9 Å². The molecule has 12 heteroatoms. The van der Waals surface area contributed by atoms with Crippen LogP contribution < -0.4 is 10.0 Å². The third-order valence-electron chi connectivity index (χ3n) is 5.02. The van der Waals surface area contributed by atoms with Crippen LogP contribution in [-0.2, 0) is 16.4 Å². The van der Waals surface area contributed by atoms with Gasteiger partial charge >= 0.3 is 6.55 Å². The van der Waals surface area contributed by atoms with Crippen molar-refractivity contribution in [2.24, 2.45) is 0 Å². The zero-order chi connectivity index (χ0) is 22.1. The summed E-state index contributed by atoms with van der Waals surface area (Å²) in [5, 5.41) is 12.4. The van der Waals surface area contributed by atoms with Crippen molar-refractivity contribution in [1.29, 1.82) is 0 Å². The number of rotatable bonds is 3. The van der Waals surface area contributed by atoms with Crippen molar-refractivity contribution in [2.75, 3.05) is 36.7 Å². The van der Waals surface area contributed by atoms with Gasteiger partial charge in [0.05, 0.1) is 41.3 Å². The summed E-state index contributed by atoms with van der Waals surface area (Å²) in [6.45, 7) is 0.637. The molecule has 0 aliphatic carbocycles. The number of anilines is 2. The van der Waals surface area contributed by atoms with Crippen LogP contribution in [-0.4, -0.2) is 66.0 Å². The lowest BCUT2D eigenvalue weighted by atomic mass is 10.1. The van der Waals surface area contributed by atoms with E-state index in [-0.39, 0.29) is 23.2 Å². The topological polar surface area (TPSA) is 118 Å². The maximum Gasteiger partial charge on any atom is 0.333 e. The van der Waals surface area contributed by atoms with E-state index in [1.165, 1.54) is 19.2 Å². The first-order chi connectivity index (χ1) is 14.1. The van der Waals surface area contributed by atoms with Gasteiger partial charge in [0.25, 0.3) is 10.0 Å². The molecule has 1 atom stereocenters. The van der Waals surface area contributed by atoms with E-state index in [0.717, 1.165) is 30.0 Å². The highest BCUT2D eigenvalue weighted by Gasteiger charge is 2.33. The average molecular weight is 445 g/mol. The molecule has 0 saturated carbocycles. The molecule has 0 radical (unpaired) electrons. The summed E-state index contributed by atoms with van der Waals surface area (Å²) in [6.07, 6.45) is 4.45. The number of aliphatic hydroxyl groups is 1. The Kier molecular flexibility index (Phi) is 6.58. The number of hydrogen-bond donors (Lipinski definition) is 2. The minimum atomic E-state index is -4.01. The summed E-state index contributed by atoms with van der Waals surface area (Å²) in [5.41, 5.74) is 7.07. The predicted octanol–water partition coefficient (Wildman–Crippen LogP) is 1.39. The molecule has 4 rings (SSSR count). The van der Waals surface area contributed by atoms with Gasteiger partial charge in [0, 0.05) is 19.6 Å². The molecule has 4 heterocycles. The summed E-state index contributed by atoms with van der Waals surface area (Å²) in [7, 11) is -1.99. The highest BCUT2D eigenvalue weighted by molar-refractivity contribution is 7.92. The van der Waals surface area contributed by atoms with E-state index in [0.29, 0.717) is 34.6 Å². The number of aliphatic hydroxyl groups excluding tert-OH is 1. The molecule has 0 aromatic carbocycles. The number of alkyl halides is 2. The molecular weight excluding hydrogens is 418 g/mol. The lowest BCUT2D eigenvalue weighted by Gasteiger charge is -2.29. The maximum atomic E-state index is 12.9. The Morgan fingerprint density at radius 2 is 2.07 bits per heavy atom. The van der Waals surface area contributed by atoms with Crippen molar-refractivity contribution < 1.29 is 22.3 Å². The largest absolute Gasteiger partial charge is 0.397 e. The van der Waals surface area contributed by atoms with E-state index in [1.54, 1.807) is 0 Å². The molecule has 2 aromatic rings. The zero-order valence-corrected chi connectivity index (χ0v) is 17.7. The van der Waals surface area contributed by atoms with Crippen LogP contribution in [0, 0.1) is 6.92 Å². The molecule has 166 valence electrons. The van der Waals surface area contributed by atoms with E-state index >= 15 is 0 Å². The van der Waals surface area contributed by atoms with Crippen molar-refractivity contribution in [1.82, 2.24) is 19.7 Å². The number of sulfonamides is 1. The van der Waals surface area contributed by atoms with Crippen LogP contribution in [0.25, 0.3) is 0 Å². The number of fused-ring (bicyclic) bond motifs is 1. The second kappa shape index (κ2) is 8.82. The summed E-state index contributed by atoms with van der Waals surface area (Å²) < 4.78 is 52.8. The fraction of sp³-hybridized carbons (Fsp3) is 0.556. The second-order valence-corrected chi connectivity index (χ2v) is 9.29. The standard InChI is InChI=1S/C13H15F2N5O2S.C5H11NO/c1-8-12(7-19(18-8)13(14)15)23(21,22)20-4-2-3-10-11(20)5-9(16)6-17-10;1-6-3-2-5(7)4-6/h5-7,13H,2-4,16H2,1H3;5,7H,2-4H2,1H3. The minimum absolute atomic E-state index is 0.0225. The minimum Gasteiger partial charge on any atom is -0.397 e. The van der Waals surface area contributed by atoms with Crippen molar-refractivity contribution in [3.8, 4) is 0 Å². The number of nitrogens with two attached hydrogens (primary N) is 1. The van der Waals surface area contributed by atoms with Gasteiger partial charge in [0.15, 0.2) is 0 Å². The molecule has 0 spiro atoms. The maximum absolute atomic E-state index is 12.9. The van der Waals surface area contributed by atoms with Gasteiger partial charge in [0.1, 0.15) is 4.90 Å². The fourth-order valence-electron chi connectivity index (χ4n) is 3.51. The van der Waals surface area contributed by atoms with Gasteiger partial charge in [-0.3, -0.25) is 9.29 Å². The Hall–Kier alpha value is -2.31. The van der Waals surface area contributed by atoms with Crippen LogP contribution in [0.4, 0.5) is 20.2 Å². The third-order valence-corrected chi connectivity index (χ3v) is 6.93. The normalized spacial score (nSPS) is 19.5. The monoisotopic (exact) mass is 444 g/mol. The van der Waals surface area contributed by atoms with Crippen molar-refractivity contribution >= 4 is 21.4 Å². The Labute approximate surface area is 174 Å². The number of hydrogen-bond acceptors (Lipinski definition) is 7. The first-order valence-corrected chi connectivity index (χ1v) is 11.0. The number of aryl methyl sites for hydroxylation is 2. The van der Waals surface area contributed by atoms with E-state index in [9.17, 15) is 17.2 Å². The lowest BCUT2D eigenvalue weighted by molar-refractivity contribution is 0.0561. The predicted molar refractivity (Wildman–Crippen MR) is 108 cm³/mol. The van der Waals surface area contributed by atoms with Crippen LogP contribution in [0.1, 0.15) is 30.8 Å². The number of halogens is 2. The number of nitrogen functional groups attached to an aromatic ring is 1. The highest BCUT2D eigenvalue weighted by Crippen LogP contribution is 2.33. The number of likely N-dealkylation sites (N-methyl/N-ethyl adjacent to an activating group) is 1. The van der Waals surface area contributed by atoms with E-state index in [1.807, 2.05) is 7.05 Å². The molecular formula is C18H26F2N6O3S. The summed E-state index contributed by atoms with van der Waals surface area (Å²) in [4.78, 5) is 6.05. The Morgan fingerprint density at radius 1 is 1.33 bits per heavy atom. The second-order valence-electron chi connectivity index (χ2n) is 7.46. The van der Waals surface area contributed by atoms with Crippen molar-refractivity contribution in [3.05, 3.63) is 29.8 Å². The highest BCUT2D eigenvalue weighted by atomic mass is 32.2. The SMILES string of the molecule is CN1CCC(O)C1.Cc1nn(C(F)F)cc1S(=O)(=O)N1CCCc2ncc(N)cc21. The molecule has 2 aromatic heterocycles. The van der Waals surface area contributed by atoms with Crippen LogP contribution in [0.5, 0.6) is 0 Å². The van der Waals surface area contributed by atoms with Gasteiger partial charge in [0.2, 0.25) is 0 Å². The quantitative estimate of drug-likeness (QED) is 0.735. The first kappa shape index (κ1) is 22.4. The summed E-state index contributed by atoms with van der Waals surface area (Å²) in [6, 6.07) is 1.53. The van der Waals surface area contributed by atoms with Gasteiger partial charge in [-0.15, -0.1) is 0 Å². The molecule has 9 nitrogen and oxygen atoms in total. The van der Waals surface area contributed by atoms with Gasteiger partial charge in [-0.25, -0.2) is 13.1 Å². The number of nitrogens with zero attached hydrogens (tertiary/aromatic N) is 5. The Morgan fingerprint density at radius 3 is 2.60 bits per heavy atom. The number of likely N-dealkylation sites (tertiary alicyclic amines) is 1. The Balaban J connectivity index is 0.000000310. The molecule has 2 aliphatic heterocycles. The molecule has 1 unspecified atom stereocenters. The van der Waals surface area contributed by atoms with E-state index in [2.05, 4.69) is 15.0 Å². The molecule has 1 fully saturated rings. The Bertz CT molecular complexity index is 990. The number of aromatic nitrogens is 3. The van der Waals surface area contributed by atoms with Crippen LogP contribution >= 0.6 is 0 Å². The van der Waals surface area contributed by atoms with E-state index < -0.39 is 16.6 Å². The molecule has 0 bridgehead atoms. The van der Waals surface area contributed by atoms with E-state index in [4.69, 9.17) is 10.8 Å². The molecule has 1 saturated heterocycles.